The number of benzene rings is 1. The lowest BCUT2D eigenvalue weighted by molar-refractivity contribution is -0.140. The third kappa shape index (κ3) is 4.70. The number of likely N-dealkylation sites (tertiary alicyclic amines) is 1. The van der Waals surface area contributed by atoms with Gasteiger partial charge in [0.05, 0.1) is 18.6 Å². The number of carboxylic acids is 1. The van der Waals surface area contributed by atoms with E-state index < -0.39 is 43.4 Å². The zero-order chi connectivity index (χ0) is 21.3. The zero-order valence-electron chi connectivity index (χ0n) is 15.2. The van der Waals surface area contributed by atoms with Crippen LogP contribution in [0, 0.1) is 0 Å². The highest BCUT2D eigenvalue weighted by molar-refractivity contribution is 6.61. The van der Waals surface area contributed by atoms with E-state index in [0.29, 0.717) is 13.0 Å². The Morgan fingerprint density at radius 1 is 1.28 bits per heavy atom. The van der Waals surface area contributed by atoms with Crippen molar-refractivity contribution in [1.82, 2.24) is 10.2 Å². The molecule has 0 unspecified atom stereocenters. The lowest BCUT2D eigenvalue weighted by Gasteiger charge is -2.18. The van der Waals surface area contributed by atoms with Gasteiger partial charge in [0.25, 0.3) is 5.91 Å². The predicted molar refractivity (Wildman–Crippen MR) is 93.2 cm³/mol. The quantitative estimate of drug-likeness (QED) is 0.590. The Morgan fingerprint density at radius 2 is 2.00 bits per heavy atom. The predicted octanol–water partition coefficient (Wildman–Crippen LogP) is 0.119. The summed E-state index contributed by atoms with van der Waals surface area (Å²) in [6.07, 6.45) is -4.78. The van der Waals surface area contributed by atoms with Gasteiger partial charge in [-0.05, 0) is 29.6 Å². The molecule has 2 aliphatic rings. The molecule has 2 amide bonds. The molecule has 1 atom stereocenters. The first-order valence-electron chi connectivity index (χ1n) is 8.90. The molecule has 0 aliphatic carbocycles. The Labute approximate surface area is 163 Å². The highest BCUT2D eigenvalue weighted by Gasteiger charge is 2.40. The Bertz CT molecular complexity index is 847. The molecule has 12 heteroatoms. The SMILES string of the molecule is O=C(O)CCC(=O)N1CC[C@@H](NC(=O)c2cc3c(c(C(F)(F)F)c2)COB3O)C1. The molecule has 2 heterocycles. The summed E-state index contributed by atoms with van der Waals surface area (Å²) in [5, 5.41) is 21.0. The second-order valence-electron chi connectivity index (χ2n) is 6.95. The maximum atomic E-state index is 13.3. The van der Waals surface area contributed by atoms with Crippen molar-refractivity contribution in [1.29, 1.82) is 0 Å². The second kappa shape index (κ2) is 8.03. The van der Waals surface area contributed by atoms with Crippen molar-refractivity contribution in [3.8, 4) is 0 Å². The minimum atomic E-state index is -4.71. The molecule has 3 N–H and O–H groups in total. The first kappa shape index (κ1) is 21.1. The summed E-state index contributed by atoms with van der Waals surface area (Å²) in [6.45, 7) is 0.0597. The second-order valence-corrected chi connectivity index (χ2v) is 6.95. The standard InChI is InChI=1S/C17H18BF3N2O6/c19-17(20,21)12-5-9(6-13-11(12)8-29-18(13)28)16(27)22-10-3-4-23(7-10)14(24)1-2-15(25)26/h5-6,10,28H,1-4,7-8H2,(H,22,27)(H,25,26)/t10-/m1/s1. The molecule has 2 aliphatic heterocycles. The van der Waals surface area contributed by atoms with Gasteiger partial charge in [-0.2, -0.15) is 13.2 Å². The van der Waals surface area contributed by atoms with Crippen molar-refractivity contribution in [2.45, 2.75) is 38.1 Å². The van der Waals surface area contributed by atoms with Crippen LogP contribution in [-0.2, 0) is 27.0 Å². The number of carbonyl (C=O) groups is 3. The number of hydrogen-bond acceptors (Lipinski definition) is 5. The van der Waals surface area contributed by atoms with Crippen LogP contribution in [0.15, 0.2) is 12.1 Å². The number of nitrogens with one attached hydrogen (secondary N) is 1. The number of nitrogens with zero attached hydrogens (tertiary/aromatic N) is 1. The number of aliphatic carboxylic acids is 1. The molecular formula is C17H18BF3N2O6. The number of hydrogen-bond donors (Lipinski definition) is 3. The van der Waals surface area contributed by atoms with E-state index in [4.69, 9.17) is 9.76 Å². The topological polar surface area (TPSA) is 116 Å². The van der Waals surface area contributed by atoms with Crippen LogP contribution in [0.2, 0.25) is 0 Å². The first-order chi connectivity index (χ1) is 13.6. The molecule has 1 fully saturated rings. The summed E-state index contributed by atoms with van der Waals surface area (Å²) in [7, 11) is -1.53. The molecule has 3 rings (SSSR count). The highest BCUT2D eigenvalue weighted by Crippen LogP contribution is 2.34. The zero-order valence-corrected chi connectivity index (χ0v) is 15.2. The third-order valence-electron chi connectivity index (χ3n) is 4.93. The Hall–Kier alpha value is -2.60. The van der Waals surface area contributed by atoms with Gasteiger partial charge < -0.3 is 25.0 Å². The van der Waals surface area contributed by atoms with Crippen molar-refractivity contribution in [3.63, 3.8) is 0 Å². The van der Waals surface area contributed by atoms with E-state index in [1.54, 1.807) is 0 Å². The summed E-state index contributed by atoms with van der Waals surface area (Å²) < 4.78 is 44.8. The summed E-state index contributed by atoms with van der Waals surface area (Å²) in [4.78, 5) is 36.4. The van der Waals surface area contributed by atoms with Gasteiger partial charge in [0.1, 0.15) is 0 Å². The smallest absolute Gasteiger partial charge is 0.481 e. The Balaban J connectivity index is 1.70. The fraction of sp³-hybridized carbons (Fsp3) is 0.471. The third-order valence-corrected chi connectivity index (χ3v) is 4.93. The van der Waals surface area contributed by atoms with Gasteiger partial charge in [-0.1, -0.05) is 0 Å². The van der Waals surface area contributed by atoms with Gasteiger partial charge in [0, 0.05) is 31.1 Å². The van der Waals surface area contributed by atoms with Crippen LogP contribution in [0.25, 0.3) is 0 Å². The van der Waals surface area contributed by atoms with Gasteiger partial charge in [0.15, 0.2) is 0 Å². The van der Waals surface area contributed by atoms with E-state index >= 15 is 0 Å². The van der Waals surface area contributed by atoms with Gasteiger partial charge in [-0.15, -0.1) is 0 Å². The van der Waals surface area contributed by atoms with Crippen molar-refractivity contribution in [2.75, 3.05) is 13.1 Å². The molecule has 0 bridgehead atoms. The van der Waals surface area contributed by atoms with Crippen molar-refractivity contribution in [3.05, 3.63) is 28.8 Å². The van der Waals surface area contributed by atoms with Crippen LogP contribution in [0.3, 0.4) is 0 Å². The molecule has 0 aromatic heterocycles. The molecule has 0 radical (unpaired) electrons. The van der Waals surface area contributed by atoms with Crippen LogP contribution in [-0.4, -0.2) is 59.1 Å². The fourth-order valence-corrected chi connectivity index (χ4v) is 3.46. The van der Waals surface area contributed by atoms with Crippen LogP contribution in [0.1, 0.15) is 40.7 Å². The minimum Gasteiger partial charge on any atom is -0.481 e. The number of carbonyl (C=O) groups excluding carboxylic acids is 2. The van der Waals surface area contributed by atoms with Gasteiger partial charge in [0.2, 0.25) is 5.91 Å². The molecule has 1 saturated heterocycles. The summed E-state index contributed by atoms with van der Waals surface area (Å²) >= 11 is 0. The number of rotatable bonds is 5. The van der Waals surface area contributed by atoms with Crippen LogP contribution in [0.5, 0.6) is 0 Å². The van der Waals surface area contributed by atoms with E-state index in [1.807, 2.05) is 0 Å². The van der Waals surface area contributed by atoms with Crippen LogP contribution >= 0.6 is 0 Å². The molecule has 8 nitrogen and oxygen atoms in total. The molecule has 156 valence electrons. The number of fused-ring (bicyclic) bond motifs is 1. The highest BCUT2D eigenvalue weighted by atomic mass is 19.4. The van der Waals surface area contributed by atoms with E-state index in [1.165, 1.54) is 11.0 Å². The maximum absolute atomic E-state index is 13.3. The maximum Gasteiger partial charge on any atom is 0.491 e. The average Bonchev–Trinajstić information content (AvgIpc) is 3.25. The van der Waals surface area contributed by atoms with Crippen molar-refractivity contribution < 1.29 is 42.3 Å². The lowest BCUT2D eigenvalue weighted by Crippen LogP contribution is -2.39. The minimum absolute atomic E-state index is 0.0955. The monoisotopic (exact) mass is 414 g/mol. The lowest BCUT2D eigenvalue weighted by atomic mass is 9.77. The summed E-state index contributed by atoms with van der Waals surface area (Å²) in [5.41, 5.74) is -1.59. The van der Waals surface area contributed by atoms with Crippen LogP contribution < -0.4 is 10.8 Å². The molecule has 1 aromatic rings. The molecule has 1 aromatic carbocycles. The first-order valence-corrected chi connectivity index (χ1v) is 8.90. The van der Waals surface area contributed by atoms with E-state index in [-0.39, 0.29) is 41.9 Å². The number of halogens is 3. The van der Waals surface area contributed by atoms with Gasteiger partial charge in [-0.25, -0.2) is 0 Å². The largest absolute Gasteiger partial charge is 0.491 e. The Kier molecular flexibility index (Phi) is 5.85. The van der Waals surface area contributed by atoms with Crippen molar-refractivity contribution >= 4 is 30.4 Å². The molecule has 0 saturated carbocycles. The Morgan fingerprint density at radius 3 is 2.66 bits per heavy atom. The number of amides is 2. The van der Waals surface area contributed by atoms with Gasteiger partial charge in [-0.3, -0.25) is 14.4 Å². The van der Waals surface area contributed by atoms with E-state index in [2.05, 4.69) is 5.32 Å². The van der Waals surface area contributed by atoms with Crippen LogP contribution in [0.4, 0.5) is 13.2 Å². The van der Waals surface area contributed by atoms with Gasteiger partial charge >= 0.3 is 19.3 Å². The molecule has 0 spiro atoms. The normalized spacial score (nSPS) is 18.7. The fourth-order valence-electron chi connectivity index (χ4n) is 3.46. The molecular weight excluding hydrogens is 396 g/mol. The average molecular weight is 414 g/mol. The number of alkyl halides is 3. The molecule has 29 heavy (non-hydrogen) atoms. The van der Waals surface area contributed by atoms with E-state index in [9.17, 15) is 32.6 Å². The van der Waals surface area contributed by atoms with E-state index in [0.717, 1.165) is 6.07 Å². The van der Waals surface area contributed by atoms with Crippen molar-refractivity contribution in [2.24, 2.45) is 0 Å². The summed E-state index contributed by atoms with van der Waals surface area (Å²) in [5.74, 6) is -2.21. The summed E-state index contributed by atoms with van der Waals surface area (Å²) in [6, 6.07) is 1.42. The number of carboxylic acid groups (broad SMARTS) is 1.